The molecule has 0 amide bonds. The first kappa shape index (κ1) is 14.6. The number of aliphatic hydroxyl groups excluding tert-OH is 1. The lowest BCUT2D eigenvalue weighted by Crippen LogP contribution is -2.07. The van der Waals surface area contributed by atoms with Crippen molar-refractivity contribution in [2.75, 3.05) is 0 Å². The minimum Gasteiger partial charge on any atom is -0.383 e. The third-order valence-corrected chi connectivity index (χ3v) is 5.23. The van der Waals surface area contributed by atoms with Crippen LogP contribution in [0.1, 0.15) is 47.8 Å². The Labute approximate surface area is 123 Å². The Morgan fingerprint density at radius 2 is 1.84 bits per heavy atom. The van der Waals surface area contributed by atoms with E-state index in [1.54, 1.807) is 11.3 Å². The van der Waals surface area contributed by atoms with Crippen molar-refractivity contribution in [1.82, 2.24) is 0 Å². The third kappa shape index (κ3) is 3.02. The molecule has 2 rings (SSSR count). The molecule has 0 radical (unpaired) electrons. The molecule has 0 aliphatic rings. The van der Waals surface area contributed by atoms with E-state index in [9.17, 15) is 5.11 Å². The fourth-order valence-electron chi connectivity index (χ4n) is 1.94. The topological polar surface area (TPSA) is 20.2 Å². The van der Waals surface area contributed by atoms with Crippen molar-refractivity contribution in [3.05, 3.63) is 56.2 Å². The van der Waals surface area contributed by atoms with Gasteiger partial charge in [0.25, 0.3) is 0 Å². The summed E-state index contributed by atoms with van der Waals surface area (Å²) in [5.41, 5.74) is 1.88. The van der Waals surface area contributed by atoms with E-state index < -0.39 is 6.10 Å². The van der Waals surface area contributed by atoms with Gasteiger partial charge in [0.05, 0.1) is 0 Å². The van der Waals surface area contributed by atoms with Crippen molar-refractivity contribution in [1.29, 1.82) is 0 Å². The van der Waals surface area contributed by atoms with Crippen molar-refractivity contribution in [3.63, 3.8) is 0 Å². The highest BCUT2D eigenvalue weighted by molar-refractivity contribution is 7.12. The van der Waals surface area contributed by atoms with E-state index in [2.05, 4.69) is 26.8 Å². The van der Waals surface area contributed by atoms with Gasteiger partial charge in [-0.3, -0.25) is 0 Å². The van der Waals surface area contributed by atoms with Crippen LogP contribution in [0.3, 0.4) is 0 Å². The summed E-state index contributed by atoms with van der Waals surface area (Å²) in [4.78, 5) is 2.21. The molecule has 1 aromatic carbocycles. The fraction of sp³-hybridized carbons (Fsp3) is 0.375. The maximum atomic E-state index is 10.5. The number of benzene rings is 1. The Hall–Kier alpha value is -0.830. The summed E-state index contributed by atoms with van der Waals surface area (Å²) in [6, 6.07) is 9.85. The van der Waals surface area contributed by atoms with Crippen LogP contribution in [-0.2, 0) is 5.41 Å². The first-order valence-electron chi connectivity index (χ1n) is 6.34. The number of hydrogen-bond donors (Lipinski definition) is 1. The SMILES string of the molecule is Cc1cccc(C(O)c2ccc(C(C)(C)C)s2)c1Cl. The Balaban J connectivity index is 2.37. The van der Waals surface area contributed by atoms with E-state index in [0.717, 1.165) is 16.0 Å². The van der Waals surface area contributed by atoms with Gasteiger partial charge in [0.15, 0.2) is 0 Å². The molecule has 0 saturated heterocycles. The molecule has 0 spiro atoms. The number of halogens is 1. The van der Waals surface area contributed by atoms with Crippen LogP contribution >= 0.6 is 22.9 Å². The van der Waals surface area contributed by atoms with E-state index in [1.165, 1.54) is 4.88 Å². The van der Waals surface area contributed by atoms with Crippen LogP contribution in [0.25, 0.3) is 0 Å². The first-order chi connectivity index (χ1) is 8.80. The molecule has 1 N–H and O–H groups in total. The molecule has 1 unspecified atom stereocenters. The summed E-state index contributed by atoms with van der Waals surface area (Å²) in [6.45, 7) is 8.48. The summed E-state index contributed by atoms with van der Waals surface area (Å²) < 4.78 is 0. The maximum absolute atomic E-state index is 10.5. The minimum absolute atomic E-state index is 0.110. The van der Waals surface area contributed by atoms with Crippen LogP contribution < -0.4 is 0 Å². The normalized spacial score (nSPS) is 13.6. The number of thiophene rings is 1. The predicted octanol–water partition coefficient (Wildman–Crippen LogP) is 5.09. The average Bonchev–Trinajstić information content (AvgIpc) is 2.81. The molecule has 1 nitrogen and oxygen atoms in total. The van der Waals surface area contributed by atoms with Crippen molar-refractivity contribution in [3.8, 4) is 0 Å². The van der Waals surface area contributed by atoms with Gasteiger partial charge in [-0.1, -0.05) is 50.6 Å². The van der Waals surface area contributed by atoms with E-state index in [0.29, 0.717) is 5.02 Å². The van der Waals surface area contributed by atoms with E-state index in [-0.39, 0.29) is 5.41 Å². The van der Waals surface area contributed by atoms with E-state index in [1.807, 2.05) is 31.2 Å². The van der Waals surface area contributed by atoms with Gasteiger partial charge in [-0.15, -0.1) is 11.3 Å². The molecule has 1 heterocycles. The second-order valence-electron chi connectivity index (χ2n) is 5.83. The maximum Gasteiger partial charge on any atom is 0.115 e. The van der Waals surface area contributed by atoms with Gasteiger partial charge in [-0.05, 0) is 30.0 Å². The van der Waals surface area contributed by atoms with Crippen LogP contribution in [0.4, 0.5) is 0 Å². The van der Waals surface area contributed by atoms with Crippen LogP contribution in [0.2, 0.25) is 5.02 Å². The highest BCUT2D eigenvalue weighted by atomic mass is 35.5. The molecular weight excluding hydrogens is 276 g/mol. The molecule has 0 saturated carbocycles. The van der Waals surface area contributed by atoms with Crippen molar-refractivity contribution >= 4 is 22.9 Å². The van der Waals surface area contributed by atoms with Gasteiger partial charge in [0.2, 0.25) is 0 Å². The van der Waals surface area contributed by atoms with Crippen molar-refractivity contribution in [2.45, 2.75) is 39.2 Å². The Morgan fingerprint density at radius 3 is 2.42 bits per heavy atom. The Morgan fingerprint density at radius 1 is 1.16 bits per heavy atom. The lowest BCUT2D eigenvalue weighted by atomic mass is 9.95. The van der Waals surface area contributed by atoms with Gasteiger partial charge in [0.1, 0.15) is 6.10 Å². The lowest BCUT2D eigenvalue weighted by molar-refractivity contribution is 0.224. The van der Waals surface area contributed by atoms with Gasteiger partial charge in [-0.25, -0.2) is 0 Å². The minimum atomic E-state index is -0.645. The first-order valence-corrected chi connectivity index (χ1v) is 7.53. The molecule has 1 atom stereocenters. The summed E-state index contributed by atoms with van der Waals surface area (Å²) in [5.74, 6) is 0. The Kier molecular flexibility index (Phi) is 4.05. The van der Waals surface area contributed by atoms with Gasteiger partial charge < -0.3 is 5.11 Å². The number of hydrogen-bond acceptors (Lipinski definition) is 2. The summed E-state index contributed by atoms with van der Waals surface area (Å²) in [5, 5.41) is 11.2. The summed E-state index contributed by atoms with van der Waals surface area (Å²) in [7, 11) is 0. The van der Waals surface area contributed by atoms with Crippen molar-refractivity contribution in [2.24, 2.45) is 0 Å². The molecule has 1 aromatic heterocycles. The number of rotatable bonds is 2. The second-order valence-corrected chi connectivity index (χ2v) is 7.33. The molecule has 19 heavy (non-hydrogen) atoms. The monoisotopic (exact) mass is 294 g/mol. The zero-order valence-corrected chi connectivity index (χ0v) is 13.3. The molecule has 2 aromatic rings. The average molecular weight is 295 g/mol. The molecule has 0 fully saturated rings. The highest BCUT2D eigenvalue weighted by Gasteiger charge is 2.21. The number of aliphatic hydroxyl groups is 1. The molecule has 3 heteroatoms. The van der Waals surface area contributed by atoms with Crippen LogP contribution in [0.15, 0.2) is 30.3 Å². The fourth-order valence-corrected chi connectivity index (χ4v) is 3.24. The van der Waals surface area contributed by atoms with E-state index in [4.69, 9.17) is 11.6 Å². The molecule has 0 bridgehead atoms. The summed E-state index contributed by atoms with van der Waals surface area (Å²) >= 11 is 7.93. The standard InChI is InChI=1S/C16H19ClOS/c1-10-6-5-7-11(14(10)17)15(18)12-8-9-13(19-12)16(2,3)4/h5-9,15,18H,1-4H3. The van der Waals surface area contributed by atoms with E-state index >= 15 is 0 Å². The third-order valence-electron chi connectivity index (χ3n) is 3.15. The predicted molar refractivity (Wildman–Crippen MR) is 83.3 cm³/mol. The smallest absolute Gasteiger partial charge is 0.115 e. The molecule has 0 aliphatic carbocycles. The molecular formula is C16H19ClOS. The van der Waals surface area contributed by atoms with Gasteiger partial charge in [0, 0.05) is 20.3 Å². The van der Waals surface area contributed by atoms with Gasteiger partial charge in [-0.2, -0.15) is 0 Å². The van der Waals surface area contributed by atoms with Crippen LogP contribution in [0, 0.1) is 6.92 Å². The largest absolute Gasteiger partial charge is 0.383 e. The molecule has 102 valence electrons. The molecule has 0 aliphatic heterocycles. The lowest BCUT2D eigenvalue weighted by Gasteiger charge is -2.16. The van der Waals surface area contributed by atoms with Crippen LogP contribution in [0.5, 0.6) is 0 Å². The van der Waals surface area contributed by atoms with Crippen LogP contribution in [-0.4, -0.2) is 5.11 Å². The number of aryl methyl sites for hydroxylation is 1. The highest BCUT2D eigenvalue weighted by Crippen LogP contribution is 2.37. The zero-order valence-electron chi connectivity index (χ0n) is 11.7. The second kappa shape index (κ2) is 5.28. The summed E-state index contributed by atoms with van der Waals surface area (Å²) in [6.07, 6.45) is -0.645. The van der Waals surface area contributed by atoms with Crippen molar-refractivity contribution < 1.29 is 5.11 Å². The quantitative estimate of drug-likeness (QED) is 0.818. The zero-order chi connectivity index (χ0) is 14.2. The van der Waals surface area contributed by atoms with Gasteiger partial charge >= 0.3 is 0 Å². The Bertz CT molecular complexity index is 581.